The molecule has 0 bridgehead atoms. The molecule has 0 fully saturated rings. The monoisotopic (exact) mass is 336 g/mol. The molecule has 1 amide bonds. The van der Waals surface area contributed by atoms with Crippen LogP contribution in [0.1, 0.15) is 25.1 Å². The minimum absolute atomic E-state index is 0.0143. The minimum Gasteiger partial charge on any atom is -0.325 e. The van der Waals surface area contributed by atoms with Gasteiger partial charge in [-0.3, -0.25) is 9.78 Å². The van der Waals surface area contributed by atoms with Crippen LogP contribution >= 0.6 is 0 Å². The number of imidazole rings is 1. The zero-order valence-corrected chi connectivity index (χ0v) is 14.2. The van der Waals surface area contributed by atoms with Gasteiger partial charge in [-0.05, 0) is 38.5 Å². The van der Waals surface area contributed by atoms with Crippen LogP contribution in [-0.2, 0) is 10.2 Å². The van der Waals surface area contributed by atoms with Crippen LogP contribution in [0.25, 0.3) is 16.9 Å². The van der Waals surface area contributed by atoms with Crippen LogP contribution in [0.3, 0.4) is 0 Å². The van der Waals surface area contributed by atoms with E-state index in [1.54, 1.807) is 23.2 Å². The first-order chi connectivity index (χ1) is 11.9. The summed E-state index contributed by atoms with van der Waals surface area (Å²) in [6.45, 7) is 5.61. The Morgan fingerprint density at radius 3 is 2.80 bits per heavy atom. The molecule has 0 saturated heterocycles. The van der Waals surface area contributed by atoms with E-state index in [1.165, 1.54) is 6.20 Å². The van der Waals surface area contributed by atoms with Gasteiger partial charge in [0.1, 0.15) is 6.33 Å². The maximum atomic E-state index is 14.0. The third-order valence-corrected chi connectivity index (χ3v) is 4.64. The van der Waals surface area contributed by atoms with Crippen LogP contribution in [0.2, 0.25) is 0 Å². The van der Waals surface area contributed by atoms with Crippen molar-refractivity contribution in [3.63, 3.8) is 0 Å². The molecule has 5 nitrogen and oxygen atoms in total. The number of hydrogen-bond donors (Lipinski definition) is 1. The number of halogens is 1. The fourth-order valence-electron chi connectivity index (χ4n) is 3.08. The molecular weight excluding hydrogens is 319 g/mol. The predicted molar refractivity (Wildman–Crippen MR) is 93.1 cm³/mol. The SMILES string of the molecule is Cc1cc(-n2cnc(-c3ccc4c(c3)NC(=O)C4(C)C)c2)c(F)cn1. The molecule has 3 aromatic rings. The van der Waals surface area contributed by atoms with E-state index in [4.69, 9.17) is 0 Å². The molecule has 0 unspecified atom stereocenters. The molecule has 0 spiro atoms. The standard InChI is InChI=1S/C19H17FN4O/c1-11-6-17(14(20)8-21-11)24-9-16(22-10-24)12-4-5-13-15(7-12)23-18(25)19(13,2)3/h4-10H,1-3H3,(H,23,25). The van der Waals surface area contributed by atoms with Crippen LogP contribution in [0.15, 0.2) is 43.0 Å². The first-order valence-electron chi connectivity index (χ1n) is 7.99. The minimum atomic E-state index is -0.537. The number of carbonyl (C=O) groups is 1. The Hall–Kier alpha value is -3.02. The highest BCUT2D eigenvalue weighted by Crippen LogP contribution is 2.39. The van der Waals surface area contributed by atoms with Crippen molar-refractivity contribution in [3.05, 3.63) is 60.1 Å². The number of aromatic nitrogens is 3. The average molecular weight is 336 g/mol. The third kappa shape index (κ3) is 2.41. The predicted octanol–water partition coefficient (Wildman–Crippen LogP) is 3.61. The zero-order chi connectivity index (χ0) is 17.8. The van der Waals surface area contributed by atoms with Crippen molar-refractivity contribution >= 4 is 11.6 Å². The maximum Gasteiger partial charge on any atom is 0.234 e. The highest BCUT2D eigenvalue weighted by atomic mass is 19.1. The fraction of sp³-hybridized carbons (Fsp3) is 0.211. The molecule has 2 aromatic heterocycles. The van der Waals surface area contributed by atoms with Crippen molar-refractivity contribution in [3.8, 4) is 16.9 Å². The molecule has 4 rings (SSSR count). The van der Waals surface area contributed by atoms with Crippen LogP contribution in [-0.4, -0.2) is 20.4 Å². The zero-order valence-electron chi connectivity index (χ0n) is 14.2. The number of pyridine rings is 1. The van der Waals surface area contributed by atoms with E-state index in [2.05, 4.69) is 15.3 Å². The summed E-state index contributed by atoms with van der Waals surface area (Å²) in [5.41, 5.74) is 3.93. The van der Waals surface area contributed by atoms with Gasteiger partial charge >= 0.3 is 0 Å². The fourth-order valence-corrected chi connectivity index (χ4v) is 3.08. The van der Waals surface area contributed by atoms with Crippen molar-refractivity contribution in [2.45, 2.75) is 26.2 Å². The molecule has 0 aliphatic carbocycles. The molecule has 0 atom stereocenters. The lowest BCUT2D eigenvalue weighted by atomic mass is 9.86. The van der Waals surface area contributed by atoms with E-state index in [9.17, 15) is 9.18 Å². The Balaban J connectivity index is 1.74. The summed E-state index contributed by atoms with van der Waals surface area (Å²) < 4.78 is 15.7. The van der Waals surface area contributed by atoms with Crippen molar-refractivity contribution in [1.29, 1.82) is 0 Å². The number of aryl methyl sites for hydroxylation is 1. The molecule has 0 radical (unpaired) electrons. The summed E-state index contributed by atoms with van der Waals surface area (Å²) in [6, 6.07) is 7.45. The summed E-state index contributed by atoms with van der Waals surface area (Å²) in [7, 11) is 0. The van der Waals surface area contributed by atoms with Gasteiger partial charge in [0.25, 0.3) is 0 Å². The summed E-state index contributed by atoms with van der Waals surface area (Å²) in [5.74, 6) is -0.419. The number of rotatable bonds is 2. The van der Waals surface area contributed by atoms with E-state index in [0.717, 1.165) is 22.5 Å². The van der Waals surface area contributed by atoms with Crippen molar-refractivity contribution in [2.75, 3.05) is 5.32 Å². The lowest BCUT2D eigenvalue weighted by Crippen LogP contribution is -2.26. The molecule has 6 heteroatoms. The molecule has 25 heavy (non-hydrogen) atoms. The number of benzene rings is 1. The third-order valence-electron chi connectivity index (χ3n) is 4.64. The number of fused-ring (bicyclic) bond motifs is 1. The molecule has 1 N–H and O–H groups in total. The van der Waals surface area contributed by atoms with Gasteiger partial charge in [0, 0.05) is 23.1 Å². The Kier molecular flexibility index (Phi) is 3.25. The summed E-state index contributed by atoms with van der Waals surface area (Å²) in [6.07, 6.45) is 4.54. The van der Waals surface area contributed by atoms with E-state index in [1.807, 2.05) is 39.0 Å². The number of nitrogens with zero attached hydrogens (tertiary/aromatic N) is 3. The Labute approximate surface area is 144 Å². The van der Waals surface area contributed by atoms with Crippen LogP contribution in [0, 0.1) is 12.7 Å². The molecule has 126 valence electrons. The largest absolute Gasteiger partial charge is 0.325 e. The lowest BCUT2D eigenvalue weighted by molar-refractivity contribution is -0.119. The highest BCUT2D eigenvalue weighted by Gasteiger charge is 2.38. The summed E-state index contributed by atoms with van der Waals surface area (Å²) in [4.78, 5) is 20.4. The van der Waals surface area contributed by atoms with Crippen molar-refractivity contribution < 1.29 is 9.18 Å². The van der Waals surface area contributed by atoms with Gasteiger partial charge in [-0.2, -0.15) is 0 Å². The molecule has 3 heterocycles. The Morgan fingerprint density at radius 1 is 1.20 bits per heavy atom. The Bertz CT molecular complexity index is 1010. The maximum absolute atomic E-state index is 14.0. The second-order valence-electron chi connectivity index (χ2n) is 6.78. The highest BCUT2D eigenvalue weighted by molar-refractivity contribution is 6.06. The van der Waals surface area contributed by atoms with E-state index in [0.29, 0.717) is 11.4 Å². The van der Waals surface area contributed by atoms with E-state index >= 15 is 0 Å². The molecule has 1 aliphatic heterocycles. The summed E-state index contributed by atoms with van der Waals surface area (Å²) >= 11 is 0. The van der Waals surface area contributed by atoms with E-state index < -0.39 is 11.2 Å². The second-order valence-corrected chi connectivity index (χ2v) is 6.78. The molecular formula is C19H17FN4O. The average Bonchev–Trinajstić information content (AvgIpc) is 3.14. The van der Waals surface area contributed by atoms with Crippen LogP contribution in [0.5, 0.6) is 0 Å². The van der Waals surface area contributed by atoms with Gasteiger partial charge in [0.15, 0.2) is 5.82 Å². The van der Waals surface area contributed by atoms with Crippen LogP contribution < -0.4 is 5.32 Å². The van der Waals surface area contributed by atoms with Gasteiger partial charge in [-0.25, -0.2) is 9.37 Å². The number of hydrogen-bond acceptors (Lipinski definition) is 3. The van der Waals surface area contributed by atoms with Gasteiger partial charge < -0.3 is 9.88 Å². The Morgan fingerprint density at radius 2 is 2.00 bits per heavy atom. The number of anilines is 1. The quantitative estimate of drug-likeness (QED) is 0.778. The van der Waals surface area contributed by atoms with E-state index in [-0.39, 0.29) is 5.91 Å². The van der Waals surface area contributed by atoms with Crippen molar-refractivity contribution in [2.24, 2.45) is 0 Å². The van der Waals surface area contributed by atoms with Gasteiger partial charge in [-0.15, -0.1) is 0 Å². The number of carbonyl (C=O) groups excluding carboxylic acids is 1. The van der Waals surface area contributed by atoms with Gasteiger partial charge in [-0.1, -0.05) is 12.1 Å². The topological polar surface area (TPSA) is 59.8 Å². The smallest absolute Gasteiger partial charge is 0.234 e. The van der Waals surface area contributed by atoms with Gasteiger partial charge in [0.2, 0.25) is 5.91 Å². The normalized spacial score (nSPS) is 15.1. The molecule has 1 aromatic carbocycles. The van der Waals surface area contributed by atoms with Crippen molar-refractivity contribution in [1.82, 2.24) is 14.5 Å². The first kappa shape index (κ1) is 15.5. The first-order valence-corrected chi connectivity index (χ1v) is 7.99. The number of nitrogens with one attached hydrogen (secondary N) is 1. The molecule has 0 saturated carbocycles. The number of amides is 1. The van der Waals surface area contributed by atoms with Crippen LogP contribution in [0.4, 0.5) is 10.1 Å². The second kappa shape index (κ2) is 5.24. The lowest BCUT2D eigenvalue weighted by Gasteiger charge is -2.14. The molecule has 1 aliphatic rings. The van der Waals surface area contributed by atoms with Gasteiger partial charge in [0.05, 0.1) is 23.0 Å². The summed E-state index contributed by atoms with van der Waals surface area (Å²) in [5, 5.41) is 2.91.